The highest BCUT2D eigenvalue weighted by atomic mass is 16.1. The number of Topliss-reactive ketones (excluding diaryl/α,β-unsaturated/α-hetero) is 1. The maximum Gasteiger partial charge on any atom is 0.155 e. The fraction of sp³-hybridized carbons (Fsp3) is 0.762. The average Bonchev–Trinajstić information content (AvgIpc) is 2.54. The second-order valence-corrected chi connectivity index (χ2v) is 8.68. The number of nitrogens with zero attached hydrogens (tertiary/aromatic N) is 1. The van der Waals surface area contributed by atoms with Gasteiger partial charge in [0.25, 0.3) is 0 Å². The summed E-state index contributed by atoms with van der Waals surface area (Å²) in [6.45, 7) is 6.21. The molecule has 0 aliphatic heterocycles. The summed E-state index contributed by atoms with van der Waals surface area (Å²) in [7, 11) is 0. The Morgan fingerprint density at radius 1 is 1.29 bits per heavy atom. The van der Waals surface area contributed by atoms with Gasteiger partial charge in [0.15, 0.2) is 5.78 Å². The largest absolute Gasteiger partial charge is 0.299 e. The average molecular weight is 327 g/mol. The third kappa shape index (κ3) is 2.55. The van der Waals surface area contributed by atoms with Gasteiger partial charge in [-0.25, -0.2) is 0 Å². The molecule has 1 unspecified atom stereocenters. The minimum absolute atomic E-state index is 0.125. The van der Waals surface area contributed by atoms with Gasteiger partial charge in [0.2, 0.25) is 0 Å². The number of fused-ring (bicyclic) bond motifs is 3. The number of rotatable bonds is 3. The van der Waals surface area contributed by atoms with Gasteiger partial charge >= 0.3 is 0 Å². The quantitative estimate of drug-likeness (QED) is 0.760. The molecule has 0 heterocycles. The lowest BCUT2D eigenvalue weighted by atomic mass is 9.46. The van der Waals surface area contributed by atoms with Crippen LogP contribution in [0.2, 0.25) is 0 Å². The van der Waals surface area contributed by atoms with E-state index in [0.717, 1.165) is 38.5 Å². The second-order valence-electron chi connectivity index (χ2n) is 8.68. The molecule has 0 aromatic rings. The summed E-state index contributed by atoms with van der Waals surface area (Å²) in [6, 6.07) is 2.29. The number of allylic oxidation sites excluding steroid dienone is 2. The summed E-state index contributed by atoms with van der Waals surface area (Å²) >= 11 is 0. The van der Waals surface area contributed by atoms with Crippen molar-refractivity contribution in [2.45, 2.75) is 72.1 Å². The Bertz CT molecular complexity index is 628. The molecule has 0 aromatic carbocycles. The van der Waals surface area contributed by atoms with Crippen LogP contribution in [0.4, 0.5) is 0 Å². The van der Waals surface area contributed by atoms with Gasteiger partial charge in [-0.15, -0.1) is 0 Å². The molecule has 5 atom stereocenters. The molecule has 3 nitrogen and oxygen atoms in total. The summed E-state index contributed by atoms with van der Waals surface area (Å²) in [6.07, 6.45) is 8.97. The summed E-state index contributed by atoms with van der Waals surface area (Å²) in [5.41, 5.74) is 1.20. The molecule has 0 spiro atoms. The standard InChI is InChI=1S/C21H29NO2/c1-14(23)20(2)11-9-19-17(18(20)5-4-12-22)7-6-15-13-16(24)8-10-21(15,19)3/h13,17-19H,4-11H2,1-3H3/t17-,18?,19-,20+,21-/m0/s1. The molecule has 3 aliphatic carbocycles. The van der Waals surface area contributed by atoms with E-state index >= 15 is 0 Å². The van der Waals surface area contributed by atoms with Crippen molar-refractivity contribution in [3.8, 4) is 6.07 Å². The van der Waals surface area contributed by atoms with Crippen molar-refractivity contribution in [1.82, 2.24) is 0 Å². The summed E-state index contributed by atoms with van der Waals surface area (Å²) < 4.78 is 0. The molecule has 0 aromatic heterocycles. The summed E-state index contributed by atoms with van der Waals surface area (Å²) in [5.74, 6) is 1.95. The monoisotopic (exact) mass is 327 g/mol. The predicted molar refractivity (Wildman–Crippen MR) is 93.0 cm³/mol. The van der Waals surface area contributed by atoms with Crippen molar-refractivity contribution >= 4 is 11.6 Å². The van der Waals surface area contributed by atoms with Crippen molar-refractivity contribution in [3.63, 3.8) is 0 Å². The van der Waals surface area contributed by atoms with Gasteiger partial charge in [-0.05, 0) is 74.7 Å². The van der Waals surface area contributed by atoms with E-state index in [1.807, 2.05) is 6.08 Å². The normalized spacial score (nSPS) is 41.7. The van der Waals surface area contributed by atoms with Crippen LogP contribution in [0.1, 0.15) is 72.1 Å². The third-order valence-corrected chi connectivity index (χ3v) is 7.72. The van der Waals surface area contributed by atoms with E-state index in [2.05, 4.69) is 19.9 Å². The molecule has 130 valence electrons. The minimum atomic E-state index is -0.278. The van der Waals surface area contributed by atoms with Crippen LogP contribution in [0.5, 0.6) is 0 Å². The highest BCUT2D eigenvalue weighted by molar-refractivity contribution is 5.91. The van der Waals surface area contributed by atoms with E-state index in [1.54, 1.807) is 6.92 Å². The maximum atomic E-state index is 12.4. The summed E-state index contributed by atoms with van der Waals surface area (Å²) in [4.78, 5) is 24.3. The van der Waals surface area contributed by atoms with Gasteiger partial charge in [0.1, 0.15) is 5.78 Å². The zero-order chi connectivity index (χ0) is 17.5. The van der Waals surface area contributed by atoms with Crippen LogP contribution >= 0.6 is 0 Å². The molecule has 3 heteroatoms. The van der Waals surface area contributed by atoms with E-state index in [0.29, 0.717) is 30.6 Å². The van der Waals surface area contributed by atoms with Crippen LogP contribution < -0.4 is 0 Å². The van der Waals surface area contributed by atoms with Crippen molar-refractivity contribution in [1.29, 1.82) is 5.26 Å². The Kier molecular flexibility index (Phi) is 4.45. The van der Waals surface area contributed by atoms with Crippen molar-refractivity contribution < 1.29 is 9.59 Å². The Morgan fingerprint density at radius 2 is 2.04 bits per heavy atom. The Balaban J connectivity index is 1.96. The van der Waals surface area contributed by atoms with E-state index in [4.69, 9.17) is 5.26 Å². The van der Waals surface area contributed by atoms with Crippen molar-refractivity contribution in [3.05, 3.63) is 11.6 Å². The van der Waals surface area contributed by atoms with E-state index in [-0.39, 0.29) is 22.4 Å². The SMILES string of the molecule is CC(=O)[C@@]1(C)CC[C@H]2[C@@H](CCC3=CC(=O)CC[C@@]32C)C1CCC#N. The van der Waals surface area contributed by atoms with Gasteiger partial charge < -0.3 is 0 Å². The van der Waals surface area contributed by atoms with Gasteiger partial charge in [0, 0.05) is 18.3 Å². The lowest BCUT2D eigenvalue weighted by molar-refractivity contribution is -0.139. The molecule has 24 heavy (non-hydrogen) atoms. The van der Waals surface area contributed by atoms with Crippen LogP contribution in [-0.2, 0) is 9.59 Å². The number of carbonyl (C=O) groups is 2. The molecule has 3 rings (SSSR count). The van der Waals surface area contributed by atoms with Gasteiger partial charge in [-0.1, -0.05) is 19.4 Å². The third-order valence-electron chi connectivity index (χ3n) is 7.72. The number of carbonyl (C=O) groups excluding carboxylic acids is 2. The Hall–Kier alpha value is -1.43. The van der Waals surface area contributed by atoms with Crippen molar-refractivity contribution in [2.24, 2.45) is 28.6 Å². The molecule has 0 saturated heterocycles. The molecule has 2 fully saturated rings. The Labute approximate surface area is 145 Å². The fourth-order valence-corrected chi connectivity index (χ4v) is 6.07. The highest BCUT2D eigenvalue weighted by Gasteiger charge is 2.56. The lowest BCUT2D eigenvalue weighted by Crippen LogP contribution is -2.52. The molecule has 0 N–H and O–H groups in total. The van der Waals surface area contributed by atoms with Crippen LogP contribution in [-0.4, -0.2) is 11.6 Å². The fourth-order valence-electron chi connectivity index (χ4n) is 6.07. The maximum absolute atomic E-state index is 12.4. The molecule has 0 bridgehead atoms. The van der Waals surface area contributed by atoms with E-state index in [1.165, 1.54) is 5.57 Å². The van der Waals surface area contributed by atoms with Crippen molar-refractivity contribution in [2.75, 3.05) is 0 Å². The van der Waals surface area contributed by atoms with Crippen LogP contribution in [0.3, 0.4) is 0 Å². The number of nitriles is 1. The lowest BCUT2D eigenvalue weighted by Gasteiger charge is -2.58. The zero-order valence-electron chi connectivity index (χ0n) is 15.2. The topological polar surface area (TPSA) is 57.9 Å². The number of hydrogen-bond donors (Lipinski definition) is 0. The van der Waals surface area contributed by atoms with Gasteiger partial charge in [-0.3, -0.25) is 9.59 Å². The predicted octanol–water partition coefficient (Wildman–Crippen LogP) is 4.62. The van der Waals surface area contributed by atoms with Crippen LogP contribution in [0.15, 0.2) is 11.6 Å². The molecular weight excluding hydrogens is 298 g/mol. The number of hydrogen-bond acceptors (Lipinski definition) is 3. The second kappa shape index (κ2) is 6.14. The van der Waals surface area contributed by atoms with E-state index in [9.17, 15) is 9.59 Å². The zero-order valence-corrected chi connectivity index (χ0v) is 15.2. The first kappa shape index (κ1) is 17.4. The first-order valence-electron chi connectivity index (χ1n) is 9.45. The summed E-state index contributed by atoms with van der Waals surface area (Å²) in [5, 5.41) is 9.09. The minimum Gasteiger partial charge on any atom is -0.299 e. The molecule has 0 amide bonds. The highest BCUT2D eigenvalue weighted by Crippen LogP contribution is 2.62. The van der Waals surface area contributed by atoms with Gasteiger partial charge in [-0.2, -0.15) is 5.26 Å². The molecular formula is C21H29NO2. The smallest absolute Gasteiger partial charge is 0.155 e. The van der Waals surface area contributed by atoms with Gasteiger partial charge in [0.05, 0.1) is 6.07 Å². The first-order chi connectivity index (χ1) is 11.3. The first-order valence-corrected chi connectivity index (χ1v) is 9.45. The number of ketones is 2. The van der Waals surface area contributed by atoms with Crippen LogP contribution in [0, 0.1) is 39.9 Å². The Morgan fingerprint density at radius 3 is 2.71 bits per heavy atom. The molecule has 2 saturated carbocycles. The molecule has 3 aliphatic rings. The van der Waals surface area contributed by atoms with Crippen LogP contribution in [0.25, 0.3) is 0 Å². The van der Waals surface area contributed by atoms with E-state index < -0.39 is 0 Å². The molecule has 0 radical (unpaired) electrons.